The summed E-state index contributed by atoms with van der Waals surface area (Å²) in [4.78, 5) is 9.89. The maximum Gasteiger partial charge on any atom is 0.249 e. The van der Waals surface area contributed by atoms with Gasteiger partial charge < -0.3 is 9.47 Å². The molecule has 0 saturated heterocycles. The highest BCUT2D eigenvalue weighted by Gasteiger charge is 2.43. The van der Waals surface area contributed by atoms with Gasteiger partial charge in [0.1, 0.15) is 28.0 Å². The number of halogens is 1. The number of fused-ring (bicyclic) bond motifs is 1. The molecule has 1 unspecified atom stereocenters. The standard InChI is InChI=1S/C23H24FN3O4S2/c1-22(8-3-5-16(24)13-22)33(28,29)27-12-7-18-17(6-11-25-20(18)27)19-14-26-21(32-19)23(9-4-10-23)31-15-30-2/h3,5-7,11-14H,4,8-10,15H2,1-2H3. The normalized spacial score (nSPS) is 22.3. The summed E-state index contributed by atoms with van der Waals surface area (Å²) in [6.07, 6.45) is 11.9. The lowest BCUT2D eigenvalue weighted by Gasteiger charge is -2.39. The molecule has 2 aliphatic carbocycles. The molecule has 0 amide bonds. The zero-order valence-electron chi connectivity index (χ0n) is 18.3. The molecule has 7 nitrogen and oxygen atoms in total. The number of rotatable bonds is 7. The summed E-state index contributed by atoms with van der Waals surface area (Å²) in [5.74, 6) is -0.560. The number of aromatic nitrogens is 3. The number of ether oxygens (including phenoxy) is 2. The molecular formula is C23H24FN3O4S2. The van der Waals surface area contributed by atoms with Crippen LogP contribution in [-0.2, 0) is 25.1 Å². The molecule has 33 heavy (non-hydrogen) atoms. The highest BCUT2D eigenvalue weighted by Crippen LogP contribution is 2.48. The van der Waals surface area contributed by atoms with Crippen molar-refractivity contribution in [1.82, 2.24) is 13.9 Å². The van der Waals surface area contributed by atoms with Crippen molar-refractivity contribution < 1.29 is 22.3 Å². The van der Waals surface area contributed by atoms with Crippen molar-refractivity contribution >= 4 is 32.4 Å². The number of pyridine rings is 1. The van der Waals surface area contributed by atoms with Crippen molar-refractivity contribution in [2.24, 2.45) is 0 Å². The van der Waals surface area contributed by atoms with Crippen LogP contribution in [0.25, 0.3) is 21.5 Å². The Hall–Kier alpha value is -2.40. The smallest absolute Gasteiger partial charge is 0.249 e. The first kappa shape index (κ1) is 22.4. The van der Waals surface area contributed by atoms with Gasteiger partial charge in [-0.25, -0.2) is 26.7 Å². The van der Waals surface area contributed by atoms with Gasteiger partial charge in [0.05, 0.1) is 4.88 Å². The molecule has 10 heteroatoms. The molecular weight excluding hydrogens is 465 g/mol. The Labute approximate surface area is 195 Å². The van der Waals surface area contributed by atoms with Gasteiger partial charge in [-0.15, -0.1) is 11.3 Å². The van der Waals surface area contributed by atoms with E-state index in [1.807, 2.05) is 6.07 Å². The first-order valence-corrected chi connectivity index (χ1v) is 12.9. The maximum atomic E-state index is 13.9. The lowest BCUT2D eigenvalue weighted by atomic mass is 9.80. The van der Waals surface area contributed by atoms with E-state index >= 15 is 0 Å². The largest absolute Gasteiger partial charge is 0.359 e. The lowest BCUT2D eigenvalue weighted by molar-refractivity contribution is -0.171. The Bertz CT molecular complexity index is 1370. The molecule has 0 aliphatic heterocycles. The zero-order valence-corrected chi connectivity index (χ0v) is 20.0. The molecule has 3 aromatic heterocycles. The van der Waals surface area contributed by atoms with Crippen LogP contribution in [0.1, 0.15) is 37.6 Å². The highest BCUT2D eigenvalue weighted by molar-refractivity contribution is 7.91. The van der Waals surface area contributed by atoms with Crippen molar-refractivity contribution in [3.05, 3.63) is 59.8 Å². The quantitative estimate of drug-likeness (QED) is 0.439. The van der Waals surface area contributed by atoms with Crippen molar-refractivity contribution in [1.29, 1.82) is 0 Å². The molecule has 0 spiro atoms. The van der Waals surface area contributed by atoms with Crippen LogP contribution >= 0.6 is 11.3 Å². The van der Waals surface area contributed by atoms with Gasteiger partial charge in [-0.3, -0.25) is 0 Å². The molecule has 3 heterocycles. The second-order valence-corrected chi connectivity index (χ2v) is 11.9. The number of thiazole rings is 1. The fourth-order valence-electron chi connectivity index (χ4n) is 4.33. The summed E-state index contributed by atoms with van der Waals surface area (Å²) in [5, 5.41) is 1.58. The zero-order chi connectivity index (χ0) is 23.3. The first-order chi connectivity index (χ1) is 15.8. The summed E-state index contributed by atoms with van der Waals surface area (Å²) in [6.45, 7) is 1.73. The predicted octanol–water partition coefficient (Wildman–Crippen LogP) is 4.91. The summed E-state index contributed by atoms with van der Waals surface area (Å²) in [7, 11) is -2.36. The monoisotopic (exact) mass is 489 g/mol. The van der Waals surface area contributed by atoms with E-state index in [2.05, 4.69) is 9.97 Å². The molecule has 0 bridgehead atoms. The van der Waals surface area contributed by atoms with E-state index in [0.717, 1.165) is 44.8 Å². The van der Waals surface area contributed by atoms with Crippen molar-refractivity contribution in [3.63, 3.8) is 0 Å². The van der Waals surface area contributed by atoms with Crippen LogP contribution in [0, 0.1) is 0 Å². The molecule has 0 radical (unpaired) electrons. The van der Waals surface area contributed by atoms with E-state index in [4.69, 9.17) is 9.47 Å². The van der Waals surface area contributed by atoms with Crippen LogP contribution in [-0.4, -0.2) is 41.0 Å². The Morgan fingerprint density at radius 2 is 2.09 bits per heavy atom. The van der Waals surface area contributed by atoms with Crippen molar-refractivity contribution in [2.45, 2.75) is 43.0 Å². The van der Waals surface area contributed by atoms with Gasteiger partial charge in [-0.05, 0) is 56.9 Å². The van der Waals surface area contributed by atoms with Crippen LogP contribution in [0.5, 0.6) is 0 Å². The van der Waals surface area contributed by atoms with Crippen molar-refractivity contribution in [3.8, 4) is 10.4 Å². The van der Waals surface area contributed by atoms with Crippen molar-refractivity contribution in [2.75, 3.05) is 13.9 Å². The van der Waals surface area contributed by atoms with Gasteiger partial charge in [0.2, 0.25) is 10.0 Å². The van der Waals surface area contributed by atoms with E-state index in [1.54, 1.807) is 25.6 Å². The summed E-state index contributed by atoms with van der Waals surface area (Å²) < 4.78 is 51.7. The van der Waals surface area contributed by atoms with E-state index in [-0.39, 0.29) is 13.2 Å². The second kappa shape index (κ2) is 8.12. The Morgan fingerprint density at radius 3 is 2.79 bits per heavy atom. The van der Waals surface area contributed by atoms with E-state index < -0.39 is 26.2 Å². The summed E-state index contributed by atoms with van der Waals surface area (Å²) in [6, 6.07) is 3.59. The van der Waals surface area contributed by atoms with E-state index in [0.29, 0.717) is 11.0 Å². The Kier molecular flexibility index (Phi) is 5.51. The number of nitrogens with zero attached hydrogens (tertiary/aromatic N) is 3. The molecule has 1 fully saturated rings. The van der Waals surface area contributed by atoms with Gasteiger partial charge in [0.15, 0.2) is 5.65 Å². The van der Waals surface area contributed by atoms with Crippen LogP contribution in [0.3, 0.4) is 0 Å². The fraction of sp³-hybridized carbons (Fsp3) is 0.391. The van der Waals surface area contributed by atoms with Crippen LogP contribution in [0.2, 0.25) is 0 Å². The average molecular weight is 490 g/mol. The van der Waals surface area contributed by atoms with E-state index in [1.165, 1.54) is 36.6 Å². The minimum atomic E-state index is -3.96. The summed E-state index contributed by atoms with van der Waals surface area (Å²) >= 11 is 1.53. The predicted molar refractivity (Wildman–Crippen MR) is 125 cm³/mol. The third-order valence-electron chi connectivity index (χ3n) is 6.42. The molecule has 1 atom stereocenters. The Balaban J connectivity index is 1.55. The Morgan fingerprint density at radius 1 is 1.27 bits per heavy atom. The van der Waals surface area contributed by atoms with E-state index in [9.17, 15) is 12.8 Å². The molecule has 0 aromatic carbocycles. The van der Waals surface area contributed by atoms with Crippen LogP contribution in [0.4, 0.5) is 4.39 Å². The molecule has 5 rings (SSSR count). The van der Waals surface area contributed by atoms with Gasteiger partial charge in [0.25, 0.3) is 0 Å². The minimum Gasteiger partial charge on any atom is -0.359 e. The van der Waals surface area contributed by atoms with Gasteiger partial charge in [-0.1, -0.05) is 6.08 Å². The SMILES string of the molecule is COCOC1(c2ncc(-c3ccnc4c3ccn4S(=O)(=O)C3(C)C=C(F)C=CC3)s2)CCC1. The van der Waals surface area contributed by atoms with Gasteiger partial charge in [0, 0.05) is 36.7 Å². The fourth-order valence-corrected chi connectivity index (χ4v) is 7.10. The highest BCUT2D eigenvalue weighted by atomic mass is 32.2. The number of hydrogen-bond acceptors (Lipinski definition) is 7. The third kappa shape index (κ3) is 3.56. The topological polar surface area (TPSA) is 83.3 Å². The van der Waals surface area contributed by atoms with Crippen LogP contribution in [0.15, 0.2) is 54.8 Å². The lowest BCUT2D eigenvalue weighted by Crippen LogP contribution is -2.38. The van der Waals surface area contributed by atoms with Gasteiger partial charge in [-0.2, -0.15) is 0 Å². The molecule has 174 valence electrons. The molecule has 1 saturated carbocycles. The minimum absolute atomic E-state index is 0.184. The number of hydrogen-bond donors (Lipinski definition) is 0. The molecule has 0 N–H and O–H groups in total. The summed E-state index contributed by atoms with van der Waals surface area (Å²) in [5.41, 5.74) is 0.732. The number of methoxy groups -OCH3 is 1. The maximum absolute atomic E-state index is 13.9. The second-order valence-electron chi connectivity index (χ2n) is 8.59. The first-order valence-electron chi connectivity index (χ1n) is 10.7. The van der Waals surface area contributed by atoms with Gasteiger partial charge >= 0.3 is 0 Å². The number of allylic oxidation sites excluding steroid dienone is 3. The van der Waals surface area contributed by atoms with Crippen LogP contribution < -0.4 is 0 Å². The average Bonchev–Trinajstić information content (AvgIpc) is 3.41. The molecule has 3 aromatic rings. The third-order valence-corrected chi connectivity index (χ3v) is 9.91. The molecule has 2 aliphatic rings.